The summed E-state index contributed by atoms with van der Waals surface area (Å²) in [4.78, 5) is 27.7. The Balaban J connectivity index is 1.78. The largest absolute Gasteiger partial charge is 0.352 e. The zero-order valence-corrected chi connectivity index (χ0v) is 19.0. The Labute approximate surface area is 189 Å². The van der Waals surface area contributed by atoms with Gasteiger partial charge >= 0.3 is 0 Å². The van der Waals surface area contributed by atoms with Gasteiger partial charge in [-0.1, -0.05) is 61.5 Å². The van der Waals surface area contributed by atoms with E-state index in [1.165, 1.54) is 12.1 Å². The Hall–Kier alpha value is -3.21. The second kappa shape index (κ2) is 10.9. The highest BCUT2D eigenvalue weighted by molar-refractivity contribution is 5.89. The van der Waals surface area contributed by atoms with Crippen molar-refractivity contribution in [3.63, 3.8) is 0 Å². The van der Waals surface area contributed by atoms with Crippen molar-refractivity contribution < 1.29 is 14.0 Å². The van der Waals surface area contributed by atoms with Crippen LogP contribution in [0.15, 0.2) is 66.7 Å². The van der Waals surface area contributed by atoms with Crippen molar-refractivity contribution in [3.05, 3.63) is 83.7 Å². The van der Waals surface area contributed by atoms with E-state index in [1.807, 2.05) is 38.1 Å². The summed E-state index contributed by atoms with van der Waals surface area (Å²) in [5.74, 6) is -0.612. The minimum Gasteiger partial charge on any atom is -0.352 e. The van der Waals surface area contributed by atoms with E-state index >= 15 is 0 Å². The first-order valence-electron chi connectivity index (χ1n) is 11.2. The molecule has 3 aromatic carbocycles. The molecule has 0 bridgehead atoms. The molecular weight excluding hydrogens is 403 g/mol. The minimum absolute atomic E-state index is 0.0309. The molecule has 0 heterocycles. The SMILES string of the molecule is CC[C@H](C)NC(=O)[C@H](C)N(Cc1ccc(F)cc1)C(=O)CCc1cccc2ccccc12. The molecule has 0 fully saturated rings. The molecule has 5 heteroatoms. The van der Waals surface area contributed by atoms with Gasteiger partial charge < -0.3 is 10.2 Å². The van der Waals surface area contributed by atoms with Crippen LogP contribution in [-0.4, -0.2) is 28.8 Å². The number of hydrogen-bond acceptors (Lipinski definition) is 2. The molecule has 168 valence electrons. The molecule has 0 aliphatic carbocycles. The van der Waals surface area contributed by atoms with Crippen molar-refractivity contribution in [2.24, 2.45) is 0 Å². The average Bonchev–Trinajstić information content (AvgIpc) is 2.81. The lowest BCUT2D eigenvalue weighted by atomic mass is 10.0. The molecule has 3 aromatic rings. The van der Waals surface area contributed by atoms with Crippen LogP contribution >= 0.6 is 0 Å². The summed E-state index contributed by atoms with van der Waals surface area (Å²) < 4.78 is 13.3. The monoisotopic (exact) mass is 434 g/mol. The van der Waals surface area contributed by atoms with Crippen molar-refractivity contribution in [2.45, 2.75) is 58.7 Å². The summed E-state index contributed by atoms with van der Waals surface area (Å²) in [6, 6.07) is 19.7. The van der Waals surface area contributed by atoms with Crippen LogP contribution in [0.2, 0.25) is 0 Å². The van der Waals surface area contributed by atoms with Crippen LogP contribution in [0.25, 0.3) is 10.8 Å². The maximum atomic E-state index is 13.3. The number of carbonyl (C=O) groups excluding carboxylic acids is 2. The molecule has 0 aliphatic rings. The Bertz CT molecular complexity index is 1060. The smallest absolute Gasteiger partial charge is 0.242 e. The van der Waals surface area contributed by atoms with Crippen LogP contribution in [0.4, 0.5) is 4.39 Å². The first-order valence-corrected chi connectivity index (χ1v) is 11.2. The first-order chi connectivity index (χ1) is 15.4. The zero-order chi connectivity index (χ0) is 23.1. The summed E-state index contributed by atoms with van der Waals surface area (Å²) in [5.41, 5.74) is 1.89. The predicted molar refractivity (Wildman–Crippen MR) is 127 cm³/mol. The van der Waals surface area contributed by atoms with Crippen molar-refractivity contribution in [2.75, 3.05) is 0 Å². The Morgan fingerprint density at radius 3 is 2.38 bits per heavy atom. The third-order valence-electron chi connectivity index (χ3n) is 5.92. The fraction of sp³-hybridized carbons (Fsp3) is 0.333. The topological polar surface area (TPSA) is 49.4 Å². The van der Waals surface area contributed by atoms with Crippen molar-refractivity contribution >= 4 is 22.6 Å². The fourth-order valence-corrected chi connectivity index (χ4v) is 3.73. The van der Waals surface area contributed by atoms with Gasteiger partial charge in [0.05, 0.1) is 0 Å². The second-order valence-corrected chi connectivity index (χ2v) is 8.28. The van der Waals surface area contributed by atoms with E-state index in [0.29, 0.717) is 6.42 Å². The van der Waals surface area contributed by atoms with E-state index in [1.54, 1.807) is 24.0 Å². The van der Waals surface area contributed by atoms with Gasteiger partial charge in [0.15, 0.2) is 0 Å². The number of aryl methyl sites for hydroxylation is 1. The number of carbonyl (C=O) groups is 2. The van der Waals surface area contributed by atoms with Gasteiger partial charge in [0, 0.05) is 19.0 Å². The lowest BCUT2D eigenvalue weighted by molar-refractivity contribution is -0.140. The Morgan fingerprint density at radius 1 is 0.969 bits per heavy atom. The Kier molecular flexibility index (Phi) is 7.98. The zero-order valence-electron chi connectivity index (χ0n) is 19.0. The van der Waals surface area contributed by atoms with Gasteiger partial charge in [0.2, 0.25) is 11.8 Å². The number of hydrogen-bond donors (Lipinski definition) is 1. The van der Waals surface area contributed by atoms with Crippen LogP contribution in [0.1, 0.15) is 44.7 Å². The van der Waals surface area contributed by atoms with Gasteiger partial charge in [-0.25, -0.2) is 4.39 Å². The second-order valence-electron chi connectivity index (χ2n) is 8.28. The van der Waals surface area contributed by atoms with Crippen LogP contribution in [-0.2, 0) is 22.6 Å². The molecule has 2 amide bonds. The van der Waals surface area contributed by atoms with Gasteiger partial charge in [-0.15, -0.1) is 0 Å². The van der Waals surface area contributed by atoms with Gasteiger partial charge in [-0.05, 0) is 60.7 Å². The number of rotatable bonds is 9. The normalized spacial score (nSPS) is 12.9. The molecule has 0 radical (unpaired) electrons. The summed E-state index contributed by atoms with van der Waals surface area (Å²) in [6.45, 7) is 5.94. The van der Waals surface area contributed by atoms with E-state index in [4.69, 9.17) is 0 Å². The van der Waals surface area contributed by atoms with E-state index in [0.717, 1.165) is 28.3 Å². The molecule has 0 aliphatic heterocycles. The van der Waals surface area contributed by atoms with E-state index in [-0.39, 0.29) is 36.6 Å². The third kappa shape index (κ3) is 5.94. The summed E-state index contributed by atoms with van der Waals surface area (Å²) in [7, 11) is 0. The van der Waals surface area contributed by atoms with Crippen LogP contribution in [0.3, 0.4) is 0 Å². The molecule has 0 aromatic heterocycles. The molecule has 0 saturated carbocycles. The standard InChI is InChI=1S/C27H31FN2O2/c1-4-19(2)29-27(32)20(3)30(18-21-12-15-24(28)16-13-21)26(31)17-14-23-10-7-9-22-8-5-6-11-25(22)23/h5-13,15-16,19-20H,4,14,17-18H2,1-3H3,(H,29,32)/t19-,20-/m0/s1. The summed E-state index contributed by atoms with van der Waals surface area (Å²) >= 11 is 0. The predicted octanol–water partition coefficient (Wildman–Crippen LogP) is 5.24. The van der Waals surface area contributed by atoms with Gasteiger partial charge in [-0.2, -0.15) is 0 Å². The van der Waals surface area contributed by atoms with E-state index in [9.17, 15) is 14.0 Å². The minimum atomic E-state index is -0.630. The highest BCUT2D eigenvalue weighted by atomic mass is 19.1. The van der Waals surface area contributed by atoms with Gasteiger partial charge in [0.1, 0.15) is 11.9 Å². The maximum Gasteiger partial charge on any atom is 0.242 e. The number of nitrogens with zero attached hydrogens (tertiary/aromatic N) is 1. The quantitative estimate of drug-likeness (QED) is 0.500. The molecule has 32 heavy (non-hydrogen) atoms. The lowest BCUT2D eigenvalue weighted by Gasteiger charge is -2.30. The summed E-state index contributed by atoms with van der Waals surface area (Å²) in [5, 5.41) is 5.24. The molecule has 3 rings (SSSR count). The number of halogens is 1. The molecule has 0 saturated heterocycles. The van der Waals surface area contributed by atoms with Crippen molar-refractivity contribution in [1.29, 1.82) is 0 Å². The molecule has 4 nitrogen and oxygen atoms in total. The maximum absolute atomic E-state index is 13.3. The van der Waals surface area contributed by atoms with E-state index < -0.39 is 6.04 Å². The lowest BCUT2D eigenvalue weighted by Crippen LogP contribution is -2.49. The number of benzene rings is 3. The Morgan fingerprint density at radius 2 is 1.66 bits per heavy atom. The molecule has 0 unspecified atom stereocenters. The molecular formula is C27H31FN2O2. The van der Waals surface area contributed by atoms with Crippen LogP contribution < -0.4 is 5.32 Å². The molecule has 1 N–H and O–H groups in total. The fourth-order valence-electron chi connectivity index (χ4n) is 3.73. The summed E-state index contributed by atoms with van der Waals surface area (Å²) in [6.07, 6.45) is 1.68. The van der Waals surface area contributed by atoms with Crippen LogP contribution in [0.5, 0.6) is 0 Å². The van der Waals surface area contributed by atoms with E-state index in [2.05, 4.69) is 23.5 Å². The number of fused-ring (bicyclic) bond motifs is 1. The number of amides is 2. The highest BCUT2D eigenvalue weighted by Gasteiger charge is 2.26. The van der Waals surface area contributed by atoms with Gasteiger partial charge in [0.25, 0.3) is 0 Å². The number of nitrogens with one attached hydrogen (secondary N) is 1. The first kappa shape index (κ1) is 23.5. The average molecular weight is 435 g/mol. The van der Waals surface area contributed by atoms with Gasteiger partial charge in [-0.3, -0.25) is 9.59 Å². The molecule has 0 spiro atoms. The highest BCUT2D eigenvalue weighted by Crippen LogP contribution is 2.21. The third-order valence-corrected chi connectivity index (χ3v) is 5.92. The van der Waals surface area contributed by atoms with Crippen molar-refractivity contribution in [3.8, 4) is 0 Å². The molecule has 2 atom stereocenters. The van der Waals surface area contributed by atoms with Crippen LogP contribution in [0, 0.1) is 5.82 Å². The van der Waals surface area contributed by atoms with Crippen molar-refractivity contribution in [1.82, 2.24) is 10.2 Å².